The third-order valence-electron chi connectivity index (χ3n) is 3.16. The van der Waals surface area contributed by atoms with Crippen LogP contribution in [0.3, 0.4) is 0 Å². The molecule has 0 saturated heterocycles. The Labute approximate surface area is 97.2 Å². The summed E-state index contributed by atoms with van der Waals surface area (Å²) in [7, 11) is 2.03. The molecule has 2 rings (SSSR count). The highest BCUT2D eigenvalue weighted by Crippen LogP contribution is 2.22. The molecule has 3 nitrogen and oxygen atoms in total. The van der Waals surface area contributed by atoms with Crippen molar-refractivity contribution >= 4 is 5.69 Å². The SMILES string of the molecule is CN(N=Nc1ccccc1)C1CCCCC1. The third-order valence-corrected chi connectivity index (χ3v) is 3.16. The van der Waals surface area contributed by atoms with Crippen LogP contribution in [-0.2, 0) is 0 Å². The van der Waals surface area contributed by atoms with Crippen LogP contribution in [0.2, 0.25) is 0 Å². The Kier molecular flexibility index (Phi) is 3.91. The number of hydrogen-bond donors (Lipinski definition) is 0. The molecular weight excluding hydrogens is 198 g/mol. The van der Waals surface area contributed by atoms with E-state index in [1.807, 2.05) is 42.4 Å². The van der Waals surface area contributed by atoms with Gasteiger partial charge in [0.25, 0.3) is 0 Å². The van der Waals surface area contributed by atoms with Gasteiger partial charge in [0.05, 0.1) is 5.69 Å². The van der Waals surface area contributed by atoms with Gasteiger partial charge in [0.15, 0.2) is 0 Å². The summed E-state index contributed by atoms with van der Waals surface area (Å²) in [6, 6.07) is 10.5. The van der Waals surface area contributed by atoms with Crippen molar-refractivity contribution < 1.29 is 0 Å². The Bertz CT molecular complexity index is 328. The molecule has 1 aliphatic carbocycles. The lowest BCUT2D eigenvalue weighted by molar-refractivity contribution is 0.187. The van der Waals surface area contributed by atoms with Crippen molar-refractivity contribution in [1.82, 2.24) is 5.01 Å². The molecule has 1 aromatic rings. The molecule has 1 aliphatic rings. The molecule has 0 aliphatic heterocycles. The summed E-state index contributed by atoms with van der Waals surface area (Å²) < 4.78 is 0. The van der Waals surface area contributed by atoms with E-state index in [4.69, 9.17) is 0 Å². The van der Waals surface area contributed by atoms with Crippen LogP contribution in [0.5, 0.6) is 0 Å². The molecule has 0 heterocycles. The first kappa shape index (κ1) is 11.1. The summed E-state index contributed by atoms with van der Waals surface area (Å²) in [6.45, 7) is 0. The summed E-state index contributed by atoms with van der Waals surface area (Å²) in [4.78, 5) is 0. The second-order valence-electron chi connectivity index (χ2n) is 4.39. The summed E-state index contributed by atoms with van der Waals surface area (Å²) in [5.74, 6) is 0. The largest absolute Gasteiger partial charge is 0.278 e. The van der Waals surface area contributed by atoms with Crippen LogP contribution < -0.4 is 0 Å². The maximum atomic E-state index is 4.28. The second kappa shape index (κ2) is 5.64. The number of hydrogen-bond acceptors (Lipinski definition) is 2. The molecule has 1 aromatic carbocycles. The molecule has 0 N–H and O–H groups in total. The first-order valence-electron chi connectivity index (χ1n) is 6.06. The van der Waals surface area contributed by atoms with Gasteiger partial charge in [0.2, 0.25) is 0 Å². The highest BCUT2D eigenvalue weighted by molar-refractivity contribution is 5.34. The molecule has 1 fully saturated rings. The second-order valence-corrected chi connectivity index (χ2v) is 4.39. The van der Waals surface area contributed by atoms with E-state index >= 15 is 0 Å². The van der Waals surface area contributed by atoms with Crippen molar-refractivity contribution in [1.29, 1.82) is 0 Å². The molecule has 0 radical (unpaired) electrons. The lowest BCUT2D eigenvalue weighted by atomic mass is 9.95. The Morgan fingerprint density at radius 3 is 2.44 bits per heavy atom. The zero-order valence-corrected chi connectivity index (χ0v) is 9.84. The maximum absolute atomic E-state index is 4.28. The van der Waals surface area contributed by atoms with Crippen LogP contribution in [0.15, 0.2) is 40.7 Å². The lowest BCUT2D eigenvalue weighted by Crippen LogP contribution is -2.28. The number of rotatable bonds is 3. The Hall–Kier alpha value is -1.38. The van der Waals surface area contributed by atoms with E-state index in [0.29, 0.717) is 6.04 Å². The molecule has 0 spiro atoms. The van der Waals surface area contributed by atoms with E-state index in [-0.39, 0.29) is 0 Å². The fourth-order valence-electron chi connectivity index (χ4n) is 2.14. The van der Waals surface area contributed by atoms with E-state index < -0.39 is 0 Å². The van der Waals surface area contributed by atoms with Gasteiger partial charge in [-0.05, 0) is 25.0 Å². The summed E-state index contributed by atoms with van der Waals surface area (Å²) in [5.41, 5.74) is 0.921. The topological polar surface area (TPSA) is 28.0 Å². The van der Waals surface area contributed by atoms with E-state index in [9.17, 15) is 0 Å². The summed E-state index contributed by atoms with van der Waals surface area (Å²) >= 11 is 0. The van der Waals surface area contributed by atoms with Gasteiger partial charge in [-0.25, -0.2) is 0 Å². The summed E-state index contributed by atoms with van der Waals surface area (Å²) in [6.07, 6.45) is 6.54. The molecular formula is C13H19N3. The smallest absolute Gasteiger partial charge is 0.0874 e. The van der Waals surface area contributed by atoms with Gasteiger partial charge in [0, 0.05) is 13.1 Å². The predicted molar refractivity (Wildman–Crippen MR) is 65.6 cm³/mol. The highest BCUT2D eigenvalue weighted by atomic mass is 15.5. The van der Waals surface area contributed by atoms with Gasteiger partial charge in [0.1, 0.15) is 0 Å². The highest BCUT2D eigenvalue weighted by Gasteiger charge is 2.16. The van der Waals surface area contributed by atoms with E-state index in [1.54, 1.807) is 0 Å². The first-order valence-corrected chi connectivity index (χ1v) is 6.06. The zero-order valence-electron chi connectivity index (χ0n) is 9.84. The fourth-order valence-corrected chi connectivity index (χ4v) is 2.14. The van der Waals surface area contributed by atoms with Crippen LogP contribution in [0.1, 0.15) is 32.1 Å². The molecule has 3 heteroatoms. The number of nitrogens with zero attached hydrogens (tertiary/aromatic N) is 3. The molecule has 0 bridgehead atoms. The van der Waals surface area contributed by atoms with Crippen LogP contribution in [0, 0.1) is 0 Å². The molecule has 0 aromatic heterocycles. The van der Waals surface area contributed by atoms with Crippen LogP contribution in [0.25, 0.3) is 0 Å². The van der Waals surface area contributed by atoms with Gasteiger partial charge in [-0.3, -0.25) is 5.01 Å². The molecule has 0 unspecified atom stereocenters. The molecule has 1 saturated carbocycles. The van der Waals surface area contributed by atoms with Gasteiger partial charge < -0.3 is 0 Å². The monoisotopic (exact) mass is 217 g/mol. The Morgan fingerprint density at radius 1 is 1.06 bits per heavy atom. The van der Waals surface area contributed by atoms with Gasteiger partial charge >= 0.3 is 0 Å². The van der Waals surface area contributed by atoms with Crippen molar-refractivity contribution in [3.63, 3.8) is 0 Å². The van der Waals surface area contributed by atoms with E-state index in [1.165, 1.54) is 32.1 Å². The van der Waals surface area contributed by atoms with Gasteiger partial charge in [-0.15, -0.1) is 5.11 Å². The first-order chi connectivity index (χ1) is 7.86. The zero-order chi connectivity index (χ0) is 11.2. The van der Waals surface area contributed by atoms with Crippen molar-refractivity contribution in [2.45, 2.75) is 38.1 Å². The third kappa shape index (κ3) is 3.05. The average Bonchev–Trinajstić information content (AvgIpc) is 2.38. The van der Waals surface area contributed by atoms with Crippen LogP contribution in [-0.4, -0.2) is 18.1 Å². The maximum Gasteiger partial charge on any atom is 0.0874 e. The lowest BCUT2D eigenvalue weighted by Gasteiger charge is -2.27. The molecule has 86 valence electrons. The summed E-state index contributed by atoms with van der Waals surface area (Å²) in [5, 5.41) is 10.5. The average molecular weight is 217 g/mol. The van der Waals surface area contributed by atoms with E-state index in [0.717, 1.165) is 5.69 Å². The Balaban J connectivity index is 1.91. The van der Waals surface area contributed by atoms with Gasteiger partial charge in [-0.2, -0.15) is 0 Å². The predicted octanol–water partition coefficient (Wildman–Crippen LogP) is 3.95. The molecule has 0 amide bonds. The van der Waals surface area contributed by atoms with Crippen LogP contribution >= 0.6 is 0 Å². The van der Waals surface area contributed by atoms with Gasteiger partial charge in [-0.1, -0.05) is 42.7 Å². The standard InChI is InChI=1S/C13H19N3/c1-16(13-10-6-3-7-11-13)15-14-12-8-4-2-5-9-12/h2,4-5,8-9,13H,3,6-7,10-11H2,1H3. The molecule has 16 heavy (non-hydrogen) atoms. The van der Waals surface area contributed by atoms with Crippen molar-refractivity contribution in [3.8, 4) is 0 Å². The minimum Gasteiger partial charge on any atom is -0.278 e. The Morgan fingerprint density at radius 2 is 1.75 bits per heavy atom. The molecule has 0 atom stereocenters. The minimum atomic E-state index is 0.584. The number of benzene rings is 1. The minimum absolute atomic E-state index is 0.584. The fraction of sp³-hybridized carbons (Fsp3) is 0.538. The normalized spacial score (nSPS) is 17.8. The quantitative estimate of drug-likeness (QED) is 0.556. The van der Waals surface area contributed by atoms with Crippen molar-refractivity contribution in [2.24, 2.45) is 10.3 Å². The van der Waals surface area contributed by atoms with Crippen molar-refractivity contribution in [2.75, 3.05) is 7.05 Å². The van der Waals surface area contributed by atoms with Crippen LogP contribution in [0.4, 0.5) is 5.69 Å². The van der Waals surface area contributed by atoms with Crippen molar-refractivity contribution in [3.05, 3.63) is 30.3 Å². The van der Waals surface area contributed by atoms with E-state index in [2.05, 4.69) is 10.3 Å².